The SMILES string of the molecule is C[C@@H](C(=O)OCc1cc(=O)oc2cc3c(cc12)CCC3)N1C(=O)[C@@H]2CCCC[C@H]2C1=O. The summed E-state index contributed by atoms with van der Waals surface area (Å²) in [5.41, 5.74) is 2.96. The number of esters is 1. The van der Waals surface area contributed by atoms with E-state index in [-0.39, 0.29) is 30.3 Å². The number of carbonyl (C=O) groups excluding carboxylic acids is 3. The number of hydrogen-bond donors (Lipinski definition) is 0. The molecule has 162 valence electrons. The van der Waals surface area contributed by atoms with Gasteiger partial charge in [0.1, 0.15) is 18.2 Å². The highest BCUT2D eigenvalue weighted by molar-refractivity contribution is 6.07. The number of nitrogens with zero attached hydrogens (tertiary/aromatic N) is 1. The molecule has 2 aliphatic carbocycles. The number of likely N-dealkylation sites (tertiary alicyclic amines) is 1. The average Bonchev–Trinajstić information content (AvgIpc) is 3.32. The third kappa shape index (κ3) is 3.36. The van der Waals surface area contributed by atoms with Crippen LogP contribution < -0.4 is 5.63 Å². The van der Waals surface area contributed by atoms with Crippen LogP contribution in [0.3, 0.4) is 0 Å². The smallest absolute Gasteiger partial charge is 0.336 e. The van der Waals surface area contributed by atoms with Crippen LogP contribution in [0.25, 0.3) is 11.0 Å². The summed E-state index contributed by atoms with van der Waals surface area (Å²) in [4.78, 5) is 51.3. The van der Waals surface area contributed by atoms with E-state index < -0.39 is 17.6 Å². The third-order valence-corrected chi connectivity index (χ3v) is 7.02. The molecule has 1 aliphatic heterocycles. The van der Waals surface area contributed by atoms with Gasteiger partial charge in [-0.2, -0.15) is 0 Å². The third-order valence-electron chi connectivity index (χ3n) is 7.02. The van der Waals surface area contributed by atoms with Gasteiger partial charge in [-0.15, -0.1) is 0 Å². The molecule has 1 saturated heterocycles. The Balaban J connectivity index is 1.35. The van der Waals surface area contributed by atoms with Crippen molar-refractivity contribution in [2.24, 2.45) is 11.8 Å². The fourth-order valence-corrected chi connectivity index (χ4v) is 5.36. The quantitative estimate of drug-likeness (QED) is 0.426. The van der Waals surface area contributed by atoms with Gasteiger partial charge in [0, 0.05) is 17.0 Å². The first kappa shape index (κ1) is 20.0. The number of fused-ring (bicyclic) bond motifs is 3. The van der Waals surface area contributed by atoms with Crippen LogP contribution in [0.2, 0.25) is 0 Å². The van der Waals surface area contributed by atoms with Crippen molar-refractivity contribution >= 4 is 28.8 Å². The lowest BCUT2D eigenvalue weighted by Crippen LogP contribution is -2.44. The van der Waals surface area contributed by atoms with Gasteiger partial charge in [-0.3, -0.25) is 14.5 Å². The van der Waals surface area contributed by atoms with E-state index in [2.05, 4.69) is 0 Å². The molecule has 1 aromatic carbocycles. The van der Waals surface area contributed by atoms with Crippen molar-refractivity contribution in [1.29, 1.82) is 0 Å². The lowest BCUT2D eigenvalue weighted by molar-refractivity contribution is -0.159. The lowest BCUT2D eigenvalue weighted by Gasteiger charge is -2.21. The van der Waals surface area contributed by atoms with E-state index in [1.165, 1.54) is 24.1 Å². The number of hydrogen-bond acceptors (Lipinski definition) is 6. The predicted molar refractivity (Wildman–Crippen MR) is 111 cm³/mol. The summed E-state index contributed by atoms with van der Waals surface area (Å²) in [5.74, 6) is -1.79. The summed E-state index contributed by atoms with van der Waals surface area (Å²) in [5, 5.41) is 0.750. The Morgan fingerprint density at radius 3 is 2.35 bits per heavy atom. The fourth-order valence-electron chi connectivity index (χ4n) is 5.36. The maximum absolute atomic E-state index is 12.7. The Kier molecular flexibility index (Phi) is 4.91. The Labute approximate surface area is 179 Å². The van der Waals surface area contributed by atoms with Gasteiger partial charge in [0.05, 0.1) is 11.8 Å². The highest BCUT2D eigenvalue weighted by atomic mass is 16.5. The van der Waals surface area contributed by atoms with Crippen LogP contribution in [0.5, 0.6) is 0 Å². The van der Waals surface area contributed by atoms with Gasteiger partial charge in [-0.1, -0.05) is 12.8 Å². The molecule has 7 heteroatoms. The van der Waals surface area contributed by atoms with Crippen LogP contribution >= 0.6 is 0 Å². The van der Waals surface area contributed by atoms with Crippen molar-refractivity contribution in [3.63, 3.8) is 0 Å². The largest absolute Gasteiger partial charge is 0.459 e. The van der Waals surface area contributed by atoms with Crippen molar-refractivity contribution in [3.05, 3.63) is 45.3 Å². The van der Waals surface area contributed by atoms with Crippen LogP contribution in [-0.4, -0.2) is 28.7 Å². The van der Waals surface area contributed by atoms with Crippen LogP contribution in [0.1, 0.15) is 55.7 Å². The van der Waals surface area contributed by atoms with Gasteiger partial charge in [0.2, 0.25) is 11.8 Å². The molecule has 5 rings (SSSR count). The molecule has 31 heavy (non-hydrogen) atoms. The fraction of sp³-hybridized carbons (Fsp3) is 0.500. The van der Waals surface area contributed by atoms with Gasteiger partial charge in [0.25, 0.3) is 0 Å². The summed E-state index contributed by atoms with van der Waals surface area (Å²) in [7, 11) is 0. The van der Waals surface area contributed by atoms with Gasteiger partial charge < -0.3 is 9.15 Å². The van der Waals surface area contributed by atoms with Crippen molar-refractivity contribution in [1.82, 2.24) is 4.90 Å². The van der Waals surface area contributed by atoms with E-state index in [0.717, 1.165) is 42.4 Å². The zero-order chi connectivity index (χ0) is 21.7. The number of amides is 2. The second-order valence-corrected chi connectivity index (χ2v) is 8.89. The first-order chi connectivity index (χ1) is 14.9. The van der Waals surface area contributed by atoms with Crippen molar-refractivity contribution in [2.75, 3.05) is 0 Å². The lowest BCUT2D eigenvalue weighted by atomic mass is 9.81. The molecular formula is C24H25NO6. The summed E-state index contributed by atoms with van der Waals surface area (Å²) in [6, 6.07) is 4.26. The Morgan fingerprint density at radius 2 is 1.68 bits per heavy atom. The Bertz CT molecular complexity index is 1120. The van der Waals surface area contributed by atoms with E-state index in [0.29, 0.717) is 24.0 Å². The minimum Gasteiger partial charge on any atom is -0.459 e. The molecule has 2 amide bonds. The van der Waals surface area contributed by atoms with Gasteiger partial charge in [0.15, 0.2) is 0 Å². The Hall–Kier alpha value is -2.96. The van der Waals surface area contributed by atoms with Crippen molar-refractivity contribution < 1.29 is 23.5 Å². The summed E-state index contributed by atoms with van der Waals surface area (Å²) < 4.78 is 10.8. The molecule has 2 fully saturated rings. The topological polar surface area (TPSA) is 93.9 Å². The molecule has 3 atom stereocenters. The first-order valence-electron chi connectivity index (χ1n) is 11.1. The molecule has 0 bridgehead atoms. The molecule has 3 aliphatic rings. The second-order valence-electron chi connectivity index (χ2n) is 8.89. The predicted octanol–water partition coefficient (Wildman–Crippen LogP) is 2.89. The van der Waals surface area contributed by atoms with E-state index >= 15 is 0 Å². The molecule has 1 aromatic heterocycles. The molecule has 0 radical (unpaired) electrons. The minimum absolute atomic E-state index is 0.118. The first-order valence-corrected chi connectivity index (χ1v) is 11.1. The maximum Gasteiger partial charge on any atom is 0.336 e. The number of benzene rings is 1. The summed E-state index contributed by atoms with van der Waals surface area (Å²) in [6.45, 7) is 1.41. The molecular weight excluding hydrogens is 398 g/mol. The summed E-state index contributed by atoms with van der Waals surface area (Å²) >= 11 is 0. The maximum atomic E-state index is 12.7. The zero-order valence-corrected chi connectivity index (χ0v) is 17.5. The van der Waals surface area contributed by atoms with Crippen LogP contribution in [-0.2, 0) is 38.6 Å². The van der Waals surface area contributed by atoms with Gasteiger partial charge in [-0.25, -0.2) is 9.59 Å². The normalized spacial score (nSPS) is 23.7. The number of carbonyl (C=O) groups is 3. The van der Waals surface area contributed by atoms with E-state index in [1.54, 1.807) is 0 Å². The van der Waals surface area contributed by atoms with Crippen LogP contribution in [0.15, 0.2) is 27.4 Å². The number of ether oxygens (including phenoxy) is 1. The van der Waals surface area contributed by atoms with Crippen molar-refractivity contribution in [2.45, 2.75) is 64.5 Å². The average molecular weight is 423 g/mol. The number of aryl methyl sites for hydroxylation is 2. The molecule has 2 heterocycles. The van der Waals surface area contributed by atoms with Gasteiger partial charge >= 0.3 is 11.6 Å². The molecule has 0 spiro atoms. The zero-order valence-electron chi connectivity index (χ0n) is 17.5. The minimum atomic E-state index is -0.985. The highest BCUT2D eigenvalue weighted by Crippen LogP contribution is 2.39. The number of imide groups is 1. The van der Waals surface area contributed by atoms with Crippen LogP contribution in [0.4, 0.5) is 0 Å². The van der Waals surface area contributed by atoms with Crippen LogP contribution in [0, 0.1) is 11.8 Å². The van der Waals surface area contributed by atoms with Gasteiger partial charge in [-0.05, 0) is 62.3 Å². The molecule has 1 saturated carbocycles. The molecule has 0 unspecified atom stereocenters. The summed E-state index contributed by atoms with van der Waals surface area (Å²) in [6.07, 6.45) is 6.26. The van der Waals surface area contributed by atoms with E-state index in [9.17, 15) is 19.2 Å². The number of rotatable bonds is 4. The second kappa shape index (κ2) is 7.62. The molecule has 0 N–H and O–H groups in total. The highest BCUT2D eigenvalue weighted by Gasteiger charge is 2.51. The molecule has 7 nitrogen and oxygen atoms in total. The van der Waals surface area contributed by atoms with E-state index in [4.69, 9.17) is 9.15 Å². The standard InChI is InChI=1S/C24H25NO6/c1-13(25-22(27)17-7-2-3-8-18(17)23(25)28)24(29)30-12-16-11-21(26)31-20-10-15-6-4-5-14(15)9-19(16)20/h9-11,13,17-18H,2-8,12H2,1H3/t13-,17+,18+/m0/s1. The monoisotopic (exact) mass is 423 g/mol. The van der Waals surface area contributed by atoms with Crippen molar-refractivity contribution in [3.8, 4) is 0 Å². The Morgan fingerprint density at radius 1 is 1.03 bits per heavy atom. The van der Waals surface area contributed by atoms with E-state index in [1.807, 2.05) is 12.1 Å². The molecule has 2 aromatic rings.